The van der Waals surface area contributed by atoms with Crippen LogP contribution in [-0.2, 0) is 4.79 Å². The number of hydrogen-bond donors (Lipinski definition) is 2. The van der Waals surface area contributed by atoms with Crippen molar-refractivity contribution in [2.24, 2.45) is 0 Å². The molecule has 0 saturated heterocycles. The Morgan fingerprint density at radius 3 is 2.23 bits per heavy atom. The van der Waals surface area contributed by atoms with Gasteiger partial charge in [0.25, 0.3) is 5.91 Å². The summed E-state index contributed by atoms with van der Waals surface area (Å²) in [5.41, 5.74) is 1.18. The van der Waals surface area contributed by atoms with E-state index in [1.54, 1.807) is 19.9 Å². The predicted octanol–water partition coefficient (Wildman–Crippen LogP) is 1.11. The molecule has 0 aromatic rings. The summed E-state index contributed by atoms with van der Waals surface area (Å²) in [6.45, 7) is 7.04. The summed E-state index contributed by atoms with van der Waals surface area (Å²) in [4.78, 5) is 11.4. The smallest absolute Gasteiger partial charge is 0.254 e. The van der Waals surface area contributed by atoms with Crippen LogP contribution < -0.4 is 5.32 Å². The molecule has 0 spiro atoms. The summed E-state index contributed by atoms with van der Waals surface area (Å²) in [6.07, 6.45) is 1.71. The molecule has 0 aromatic carbocycles. The first-order valence-electron chi connectivity index (χ1n) is 4.26. The molecule has 3 nitrogen and oxygen atoms in total. The van der Waals surface area contributed by atoms with Crippen LogP contribution >= 0.6 is 0 Å². The summed E-state index contributed by atoms with van der Waals surface area (Å²) in [5.74, 6) is -0.205. The zero-order valence-electron chi connectivity index (χ0n) is 8.43. The lowest BCUT2D eigenvalue weighted by atomic mass is 9.98. The monoisotopic (exact) mass is 181 g/mol. The zero-order chi connectivity index (χ0) is 10.2. The molecule has 0 radical (unpaired) electrons. The third-order valence-electron chi connectivity index (χ3n) is 1.98. The lowest BCUT2D eigenvalue weighted by Crippen LogP contribution is -2.29. The van der Waals surface area contributed by atoms with Gasteiger partial charge in [-0.1, -0.05) is 5.57 Å². The van der Waals surface area contributed by atoms with E-state index >= 15 is 0 Å². The Kier molecular flexibility index (Phi) is 2.30. The van der Waals surface area contributed by atoms with E-state index < -0.39 is 5.60 Å². The Morgan fingerprint density at radius 2 is 2.00 bits per heavy atom. The number of allylic oxidation sites excluding steroid dienone is 2. The highest BCUT2D eigenvalue weighted by Crippen LogP contribution is 2.23. The van der Waals surface area contributed by atoms with Crippen LogP contribution in [0.1, 0.15) is 27.7 Å². The highest BCUT2D eigenvalue weighted by atomic mass is 16.3. The fraction of sp³-hybridized carbons (Fsp3) is 0.500. The van der Waals surface area contributed by atoms with Crippen molar-refractivity contribution in [1.82, 2.24) is 5.32 Å². The van der Waals surface area contributed by atoms with Gasteiger partial charge in [-0.2, -0.15) is 0 Å². The third-order valence-corrected chi connectivity index (χ3v) is 1.98. The quantitative estimate of drug-likeness (QED) is 0.636. The molecule has 3 heteroatoms. The number of amides is 1. The van der Waals surface area contributed by atoms with Crippen molar-refractivity contribution in [3.8, 4) is 0 Å². The summed E-state index contributed by atoms with van der Waals surface area (Å²) in [6, 6.07) is 0. The van der Waals surface area contributed by atoms with E-state index in [1.165, 1.54) is 0 Å². The molecular weight excluding hydrogens is 166 g/mol. The first-order chi connectivity index (χ1) is 5.82. The largest absolute Gasteiger partial charge is 0.386 e. The molecule has 0 unspecified atom stereocenters. The number of nitrogens with one attached hydrogen (secondary N) is 1. The van der Waals surface area contributed by atoms with Gasteiger partial charge in [0, 0.05) is 5.70 Å². The number of aliphatic hydroxyl groups is 1. The average Bonchev–Trinajstić information content (AvgIpc) is 2.29. The van der Waals surface area contributed by atoms with Crippen LogP contribution in [0.5, 0.6) is 0 Å². The Balaban J connectivity index is 3.08. The molecule has 0 atom stereocenters. The lowest BCUT2D eigenvalue weighted by molar-refractivity contribution is -0.117. The molecule has 1 rings (SSSR count). The van der Waals surface area contributed by atoms with Crippen LogP contribution in [0.3, 0.4) is 0 Å². The molecule has 2 N–H and O–H groups in total. The molecule has 1 heterocycles. The van der Waals surface area contributed by atoms with Crippen LogP contribution in [0.25, 0.3) is 0 Å². The van der Waals surface area contributed by atoms with Crippen molar-refractivity contribution in [3.05, 3.63) is 22.9 Å². The zero-order valence-corrected chi connectivity index (χ0v) is 8.43. The molecule has 0 fully saturated rings. The van der Waals surface area contributed by atoms with Crippen molar-refractivity contribution in [3.63, 3.8) is 0 Å². The fourth-order valence-electron chi connectivity index (χ4n) is 1.16. The van der Waals surface area contributed by atoms with Gasteiger partial charge < -0.3 is 10.4 Å². The maximum absolute atomic E-state index is 11.4. The molecule has 13 heavy (non-hydrogen) atoms. The van der Waals surface area contributed by atoms with E-state index in [0.717, 1.165) is 11.3 Å². The van der Waals surface area contributed by atoms with E-state index in [-0.39, 0.29) is 5.91 Å². The Morgan fingerprint density at radius 1 is 1.46 bits per heavy atom. The Labute approximate surface area is 78.1 Å². The van der Waals surface area contributed by atoms with Gasteiger partial charge in [-0.15, -0.1) is 0 Å². The maximum atomic E-state index is 11.4. The minimum Gasteiger partial charge on any atom is -0.386 e. The summed E-state index contributed by atoms with van der Waals surface area (Å²) >= 11 is 0. The second-order valence-electron chi connectivity index (χ2n) is 3.98. The predicted molar refractivity (Wildman–Crippen MR) is 50.9 cm³/mol. The van der Waals surface area contributed by atoms with E-state index in [0.29, 0.717) is 5.57 Å². The van der Waals surface area contributed by atoms with Crippen molar-refractivity contribution in [2.45, 2.75) is 33.3 Å². The molecule has 1 aliphatic rings. The topological polar surface area (TPSA) is 49.3 Å². The SMILES string of the molecule is CC(C)=C1C=C(C(C)(C)O)C(=O)N1. The Bertz CT molecular complexity index is 301. The molecule has 1 amide bonds. The molecule has 0 saturated carbocycles. The Hall–Kier alpha value is -1.09. The van der Waals surface area contributed by atoms with E-state index in [2.05, 4.69) is 5.32 Å². The van der Waals surface area contributed by atoms with Gasteiger partial charge in [-0.3, -0.25) is 4.79 Å². The van der Waals surface area contributed by atoms with Crippen molar-refractivity contribution >= 4 is 5.91 Å². The van der Waals surface area contributed by atoms with E-state index in [9.17, 15) is 9.90 Å². The standard InChI is InChI=1S/C10H15NO2/c1-6(2)8-5-7(9(12)11-8)10(3,4)13/h5,13H,1-4H3,(H,11,12). The molecule has 72 valence electrons. The average molecular weight is 181 g/mol. The van der Waals surface area contributed by atoms with Gasteiger partial charge in [-0.05, 0) is 33.8 Å². The highest BCUT2D eigenvalue weighted by Gasteiger charge is 2.30. The number of rotatable bonds is 1. The number of carbonyl (C=O) groups excluding carboxylic acids is 1. The lowest BCUT2D eigenvalue weighted by Gasteiger charge is -2.16. The third kappa shape index (κ3) is 1.98. The minimum atomic E-state index is -1.07. The summed E-state index contributed by atoms with van der Waals surface area (Å²) < 4.78 is 0. The molecule has 0 aliphatic carbocycles. The molecule has 0 bridgehead atoms. The maximum Gasteiger partial charge on any atom is 0.254 e. The number of hydrogen-bond acceptors (Lipinski definition) is 2. The van der Waals surface area contributed by atoms with Crippen molar-refractivity contribution in [2.75, 3.05) is 0 Å². The fourth-order valence-corrected chi connectivity index (χ4v) is 1.16. The van der Waals surface area contributed by atoms with Crippen LogP contribution in [0.4, 0.5) is 0 Å². The van der Waals surface area contributed by atoms with Gasteiger partial charge >= 0.3 is 0 Å². The van der Waals surface area contributed by atoms with Crippen LogP contribution in [0.15, 0.2) is 22.9 Å². The molecule has 1 aliphatic heterocycles. The first-order valence-corrected chi connectivity index (χ1v) is 4.26. The first kappa shape index (κ1) is 9.99. The van der Waals surface area contributed by atoms with Gasteiger partial charge in [0.05, 0.1) is 11.2 Å². The van der Waals surface area contributed by atoms with Gasteiger partial charge in [0.15, 0.2) is 0 Å². The van der Waals surface area contributed by atoms with E-state index in [4.69, 9.17) is 0 Å². The van der Waals surface area contributed by atoms with Crippen LogP contribution in [0, 0.1) is 0 Å². The van der Waals surface area contributed by atoms with Crippen molar-refractivity contribution < 1.29 is 9.90 Å². The minimum absolute atomic E-state index is 0.205. The second kappa shape index (κ2) is 3.00. The van der Waals surface area contributed by atoms with Crippen LogP contribution in [-0.4, -0.2) is 16.6 Å². The normalized spacial score (nSPS) is 17.2. The number of carbonyl (C=O) groups is 1. The van der Waals surface area contributed by atoms with Gasteiger partial charge in [-0.25, -0.2) is 0 Å². The summed E-state index contributed by atoms with van der Waals surface area (Å²) in [5, 5.41) is 12.3. The van der Waals surface area contributed by atoms with Gasteiger partial charge in [0.1, 0.15) is 0 Å². The second-order valence-corrected chi connectivity index (χ2v) is 3.98. The van der Waals surface area contributed by atoms with Crippen molar-refractivity contribution in [1.29, 1.82) is 0 Å². The summed E-state index contributed by atoms with van der Waals surface area (Å²) in [7, 11) is 0. The highest BCUT2D eigenvalue weighted by molar-refractivity contribution is 6.00. The van der Waals surface area contributed by atoms with Gasteiger partial charge in [0.2, 0.25) is 0 Å². The molecule has 0 aromatic heterocycles. The molecular formula is C10H15NO2. The van der Waals surface area contributed by atoms with E-state index in [1.807, 2.05) is 13.8 Å². The van der Waals surface area contributed by atoms with Crippen LogP contribution in [0.2, 0.25) is 0 Å².